The molecule has 11 heteroatoms. The zero-order valence-corrected chi connectivity index (χ0v) is 18.2. The van der Waals surface area contributed by atoms with Gasteiger partial charge < -0.3 is 4.42 Å². The van der Waals surface area contributed by atoms with Crippen molar-refractivity contribution in [2.24, 2.45) is 0 Å². The Bertz CT molecular complexity index is 1320. The Morgan fingerprint density at radius 2 is 1.78 bits per heavy atom. The molecule has 4 rings (SSSR count). The lowest BCUT2D eigenvalue weighted by Gasteiger charge is -2.26. The van der Waals surface area contributed by atoms with Crippen LogP contribution in [-0.2, 0) is 9.59 Å². The number of hydrogen-bond donors (Lipinski definition) is 1. The Kier molecular flexibility index (Phi) is 5.64. The van der Waals surface area contributed by atoms with Gasteiger partial charge in [0.1, 0.15) is 17.1 Å². The van der Waals surface area contributed by atoms with Crippen LogP contribution < -0.4 is 10.2 Å². The number of rotatable bonds is 4. The lowest BCUT2D eigenvalue weighted by atomic mass is 10.1. The van der Waals surface area contributed by atoms with E-state index in [4.69, 9.17) is 16.0 Å². The van der Waals surface area contributed by atoms with E-state index in [-0.39, 0.29) is 33.5 Å². The molecular weight excluding hydrogens is 506 g/mol. The van der Waals surface area contributed by atoms with E-state index in [0.29, 0.717) is 5.56 Å². The Labute approximate surface area is 193 Å². The largest absolute Gasteiger partial charge is 0.457 e. The van der Waals surface area contributed by atoms with Gasteiger partial charge in [-0.15, -0.1) is 0 Å². The van der Waals surface area contributed by atoms with Crippen LogP contribution in [0, 0.1) is 10.1 Å². The summed E-state index contributed by atoms with van der Waals surface area (Å²) in [5.74, 6) is -1.24. The number of imide groups is 2. The third-order valence-electron chi connectivity index (χ3n) is 4.53. The molecule has 2 heterocycles. The van der Waals surface area contributed by atoms with Gasteiger partial charge in [-0.3, -0.25) is 25.0 Å². The van der Waals surface area contributed by atoms with Crippen LogP contribution in [0.3, 0.4) is 0 Å². The molecule has 1 aliphatic heterocycles. The quantitative estimate of drug-likeness (QED) is 0.227. The lowest BCUT2D eigenvalue weighted by Crippen LogP contribution is -2.54. The molecule has 3 aromatic rings. The van der Waals surface area contributed by atoms with Crippen molar-refractivity contribution in [2.75, 3.05) is 4.90 Å². The van der Waals surface area contributed by atoms with Gasteiger partial charge in [-0.05, 0) is 48.5 Å². The van der Waals surface area contributed by atoms with E-state index in [0.717, 1.165) is 9.37 Å². The van der Waals surface area contributed by atoms with E-state index >= 15 is 0 Å². The highest BCUT2D eigenvalue weighted by Gasteiger charge is 2.37. The maximum absolute atomic E-state index is 12.9. The summed E-state index contributed by atoms with van der Waals surface area (Å²) in [6.45, 7) is 0. The molecular formula is C21H11BrClN3O6. The molecule has 0 atom stereocenters. The van der Waals surface area contributed by atoms with Gasteiger partial charge in [-0.1, -0.05) is 27.5 Å². The number of furan rings is 1. The Morgan fingerprint density at radius 3 is 2.44 bits per heavy atom. The molecule has 0 bridgehead atoms. The first-order valence-electron chi connectivity index (χ1n) is 8.96. The third-order valence-corrected chi connectivity index (χ3v) is 5.37. The molecule has 0 aliphatic carbocycles. The second-order valence-electron chi connectivity index (χ2n) is 6.56. The van der Waals surface area contributed by atoms with Crippen molar-refractivity contribution in [3.05, 3.63) is 85.5 Å². The minimum absolute atomic E-state index is 0.103. The number of nitrogens with zero attached hydrogens (tertiary/aromatic N) is 2. The molecule has 1 fully saturated rings. The second kappa shape index (κ2) is 8.40. The van der Waals surface area contributed by atoms with Crippen LogP contribution in [0.2, 0.25) is 5.02 Å². The Morgan fingerprint density at radius 1 is 1.06 bits per heavy atom. The number of nitrogens with one attached hydrogen (secondary N) is 1. The molecule has 0 spiro atoms. The van der Waals surface area contributed by atoms with Crippen LogP contribution in [0.5, 0.6) is 0 Å². The summed E-state index contributed by atoms with van der Waals surface area (Å²) < 4.78 is 6.42. The molecule has 1 saturated heterocycles. The molecule has 0 saturated carbocycles. The van der Waals surface area contributed by atoms with E-state index in [2.05, 4.69) is 21.2 Å². The van der Waals surface area contributed by atoms with E-state index in [9.17, 15) is 24.5 Å². The van der Waals surface area contributed by atoms with Crippen molar-refractivity contribution in [1.82, 2.24) is 5.32 Å². The van der Waals surface area contributed by atoms with Gasteiger partial charge in [-0.2, -0.15) is 0 Å². The fourth-order valence-electron chi connectivity index (χ4n) is 3.02. The summed E-state index contributed by atoms with van der Waals surface area (Å²) in [7, 11) is 0. The van der Waals surface area contributed by atoms with Gasteiger partial charge in [-0.25, -0.2) is 9.69 Å². The number of benzene rings is 2. The van der Waals surface area contributed by atoms with Crippen LogP contribution in [0.15, 0.2) is 69.1 Å². The number of amides is 4. The molecule has 2 aromatic carbocycles. The minimum atomic E-state index is -0.864. The van der Waals surface area contributed by atoms with Gasteiger partial charge in [0.15, 0.2) is 0 Å². The van der Waals surface area contributed by atoms with Gasteiger partial charge in [0, 0.05) is 22.2 Å². The maximum atomic E-state index is 12.9. The molecule has 1 N–H and O–H groups in total. The number of nitro groups is 1. The summed E-state index contributed by atoms with van der Waals surface area (Å²) in [6.07, 6.45) is 1.21. The topological polar surface area (TPSA) is 123 Å². The number of nitro benzene ring substituents is 1. The average Bonchev–Trinajstić information content (AvgIpc) is 3.20. The summed E-state index contributed by atoms with van der Waals surface area (Å²) >= 11 is 9.40. The van der Waals surface area contributed by atoms with Crippen molar-refractivity contribution in [3.63, 3.8) is 0 Å². The summed E-state index contributed by atoms with van der Waals surface area (Å²) in [6, 6.07) is 12.5. The SMILES string of the molecule is O=C1NC(=O)N(c2ccc(Br)cc2)C(=O)C1=Cc1ccc(-c2ccc([N+](=O)[O-])cc2Cl)o1. The zero-order valence-electron chi connectivity index (χ0n) is 15.9. The molecule has 0 unspecified atom stereocenters. The Balaban J connectivity index is 1.66. The first kappa shape index (κ1) is 21.5. The van der Waals surface area contributed by atoms with Crippen molar-refractivity contribution in [1.29, 1.82) is 0 Å². The lowest BCUT2D eigenvalue weighted by molar-refractivity contribution is -0.384. The summed E-state index contributed by atoms with van der Waals surface area (Å²) in [4.78, 5) is 48.6. The van der Waals surface area contributed by atoms with E-state index in [1.54, 1.807) is 30.3 Å². The molecule has 4 amide bonds. The van der Waals surface area contributed by atoms with Crippen molar-refractivity contribution in [3.8, 4) is 11.3 Å². The highest BCUT2D eigenvalue weighted by molar-refractivity contribution is 9.10. The van der Waals surface area contributed by atoms with Crippen molar-refractivity contribution >= 4 is 62.8 Å². The molecule has 1 aliphatic rings. The molecule has 160 valence electrons. The van der Waals surface area contributed by atoms with Crippen LogP contribution >= 0.6 is 27.5 Å². The molecule has 32 heavy (non-hydrogen) atoms. The normalized spacial score (nSPS) is 15.2. The summed E-state index contributed by atoms with van der Waals surface area (Å²) in [5, 5.41) is 13.1. The van der Waals surface area contributed by atoms with Gasteiger partial charge >= 0.3 is 6.03 Å². The van der Waals surface area contributed by atoms with Crippen LogP contribution in [0.4, 0.5) is 16.2 Å². The van der Waals surface area contributed by atoms with Gasteiger partial charge in [0.05, 0.1) is 15.6 Å². The van der Waals surface area contributed by atoms with Gasteiger partial charge in [0.2, 0.25) is 0 Å². The number of halogens is 2. The van der Waals surface area contributed by atoms with E-state index in [1.165, 1.54) is 30.3 Å². The monoisotopic (exact) mass is 515 g/mol. The predicted octanol–water partition coefficient (Wildman–Crippen LogP) is 4.94. The molecule has 9 nitrogen and oxygen atoms in total. The first-order valence-corrected chi connectivity index (χ1v) is 10.1. The standard InChI is InChI=1S/C21H11BrClN3O6/c22-11-1-3-12(4-2-11)25-20(28)16(19(27)24-21(25)29)10-14-6-8-18(32-14)15-7-5-13(26(30)31)9-17(15)23/h1-10H,(H,24,27,29). The number of non-ortho nitro benzene ring substituents is 1. The number of carbonyl (C=O) groups is 3. The van der Waals surface area contributed by atoms with E-state index in [1.807, 2.05) is 0 Å². The fourth-order valence-corrected chi connectivity index (χ4v) is 3.55. The van der Waals surface area contributed by atoms with Crippen LogP contribution in [0.25, 0.3) is 17.4 Å². The smallest absolute Gasteiger partial charge is 0.335 e. The van der Waals surface area contributed by atoms with Crippen molar-refractivity contribution in [2.45, 2.75) is 0 Å². The number of anilines is 1. The van der Waals surface area contributed by atoms with Gasteiger partial charge in [0.25, 0.3) is 17.5 Å². The second-order valence-corrected chi connectivity index (χ2v) is 7.88. The fraction of sp³-hybridized carbons (Fsp3) is 0. The van der Waals surface area contributed by atoms with Crippen LogP contribution in [-0.4, -0.2) is 22.8 Å². The predicted molar refractivity (Wildman–Crippen MR) is 119 cm³/mol. The molecule has 1 aromatic heterocycles. The van der Waals surface area contributed by atoms with E-state index < -0.39 is 22.8 Å². The minimum Gasteiger partial charge on any atom is -0.457 e. The first-order chi connectivity index (χ1) is 15.2. The van der Waals surface area contributed by atoms with Crippen LogP contribution in [0.1, 0.15) is 5.76 Å². The number of hydrogen-bond acceptors (Lipinski definition) is 6. The number of barbiturate groups is 1. The highest BCUT2D eigenvalue weighted by Crippen LogP contribution is 2.33. The highest BCUT2D eigenvalue weighted by atomic mass is 79.9. The zero-order chi connectivity index (χ0) is 23.0. The Hall–Kier alpha value is -3.76. The number of urea groups is 1. The summed E-state index contributed by atoms with van der Waals surface area (Å²) in [5.41, 5.74) is 0.206. The average molecular weight is 517 g/mol. The maximum Gasteiger partial charge on any atom is 0.335 e. The number of carbonyl (C=O) groups excluding carboxylic acids is 3. The third kappa shape index (κ3) is 4.05. The van der Waals surface area contributed by atoms with Crippen molar-refractivity contribution < 1.29 is 23.7 Å². The molecule has 0 radical (unpaired) electrons.